The second kappa shape index (κ2) is 6.50. The van der Waals surface area contributed by atoms with Crippen LogP contribution in [0.1, 0.15) is 27.2 Å². The van der Waals surface area contributed by atoms with E-state index in [0.717, 1.165) is 24.3 Å². The van der Waals surface area contributed by atoms with E-state index >= 15 is 0 Å². The first-order valence-corrected chi connectivity index (χ1v) is 7.75. The van der Waals surface area contributed by atoms with Gasteiger partial charge in [0.25, 0.3) is 5.91 Å². The molecule has 1 unspecified atom stereocenters. The molecule has 21 heavy (non-hydrogen) atoms. The molecule has 0 fully saturated rings. The summed E-state index contributed by atoms with van der Waals surface area (Å²) in [5.41, 5.74) is 1.10. The Hall–Kier alpha value is -1.51. The molecule has 0 aliphatic heterocycles. The molecule has 0 bridgehead atoms. The minimum atomic E-state index is -3.99. The van der Waals surface area contributed by atoms with Crippen molar-refractivity contribution >= 4 is 15.9 Å². The van der Waals surface area contributed by atoms with Crippen molar-refractivity contribution in [3.8, 4) is 0 Å². The monoisotopic (exact) mass is 318 g/mol. The zero-order chi connectivity index (χ0) is 16.3. The van der Waals surface area contributed by atoms with Gasteiger partial charge in [-0.05, 0) is 36.1 Å². The van der Waals surface area contributed by atoms with Crippen LogP contribution >= 0.6 is 0 Å². The van der Waals surface area contributed by atoms with Crippen molar-refractivity contribution in [1.29, 1.82) is 0 Å². The van der Waals surface area contributed by atoms with Crippen LogP contribution in [-0.2, 0) is 14.8 Å². The molecule has 118 valence electrons. The van der Waals surface area contributed by atoms with Crippen molar-refractivity contribution < 1.29 is 22.8 Å². The molecule has 1 atom stereocenters. The molecule has 0 spiro atoms. The number of hydrogen-bond acceptors (Lipinski definition) is 4. The molecule has 1 aromatic rings. The molecule has 0 aromatic heterocycles. The standard InChI is InChI=1S/C13H19FN2O4S/c1-13(2,3)8-11(12(17)15-18)16-21(19,20)10-6-4-9(14)5-7-10/h4-7,11,16,18H,8H2,1-3H3,(H,15,17). The van der Waals surface area contributed by atoms with E-state index < -0.39 is 27.8 Å². The van der Waals surface area contributed by atoms with E-state index in [2.05, 4.69) is 4.72 Å². The van der Waals surface area contributed by atoms with Crippen LogP contribution in [0.2, 0.25) is 0 Å². The van der Waals surface area contributed by atoms with Crippen LogP contribution < -0.4 is 10.2 Å². The Balaban J connectivity index is 3.01. The van der Waals surface area contributed by atoms with Crippen molar-refractivity contribution in [2.24, 2.45) is 5.41 Å². The van der Waals surface area contributed by atoms with Crippen molar-refractivity contribution in [2.75, 3.05) is 0 Å². The van der Waals surface area contributed by atoms with Gasteiger partial charge >= 0.3 is 0 Å². The zero-order valence-electron chi connectivity index (χ0n) is 12.1. The topological polar surface area (TPSA) is 95.5 Å². The highest BCUT2D eigenvalue weighted by molar-refractivity contribution is 7.89. The molecule has 0 saturated carbocycles. The number of carbonyl (C=O) groups is 1. The molecule has 0 aliphatic carbocycles. The van der Waals surface area contributed by atoms with Gasteiger partial charge < -0.3 is 0 Å². The fraction of sp³-hybridized carbons (Fsp3) is 0.462. The third kappa shape index (κ3) is 5.41. The smallest absolute Gasteiger partial charge is 0.261 e. The van der Waals surface area contributed by atoms with Gasteiger partial charge in [-0.1, -0.05) is 20.8 Å². The SMILES string of the molecule is CC(C)(C)CC(NS(=O)(=O)c1ccc(F)cc1)C(=O)NO. The van der Waals surface area contributed by atoms with Gasteiger partial charge in [0.2, 0.25) is 10.0 Å². The first-order valence-electron chi connectivity index (χ1n) is 6.27. The molecule has 8 heteroatoms. The Morgan fingerprint density at radius 2 is 1.81 bits per heavy atom. The van der Waals surface area contributed by atoms with Gasteiger partial charge in [-0.15, -0.1) is 0 Å². The lowest BCUT2D eigenvalue weighted by Crippen LogP contribution is -2.47. The number of hydrogen-bond donors (Lipinski definition) is 3. The van der Waals surface area contributed by atoms with Crippen LogP contribution in [-0.4, -0.2) is 25.6 Å². The van der Waals surface area contributed by atoms with Crippen LogP contribution in [0.5, 0.6) is 0 Å². The van der Waals surface area contributed by atoms with E-state index in [1.807, 2.05) is 20.8 Å². The van der Waals surface area contributed by atoms with Gasteiger partial charge in [-0.25, -0.2) is 18.3 Å². The first kappa shape index (κ1) is 17.5. The Kier molecular flexibility index (Phi) is 5.43. The second-order valence-electron chi connectivity index (χ2n) is 5.87. The van der Waals surface area contributed by atoms with E-state index in [1.54, 1.807) is 0 Å². The molecule has 0 aliphatic rings. The minimum Gasteiger partial charge on any atom is -0.289 e. The molecule has 1 amide bonds. The normalized spacial score (nSPS) is 13.8. The number of hydroxylamine groups is 1. The Labute approximate surface area is 123 Å². The highest BCUT2D eigenvalue weighted by Crippen LogP contribution is 2.22. The van der Waals surface area contributed by atoms with E-state index in [4.69, 9.17) is 5.21 Å². The van der Waals surface area contributed by atoms with Gasteiger partial charge in [0.05, 0.1) is 4.90 Å². The number of rotatable bonds is 5. The Morgan fingerprint density at radius 1 is 1.29 bits per heavy atom. The number of carbonyl (C=O) groups excluding carboxylic acids is 1. The zero-order valence-corrected chi connectivity index (χ0v) is 12.9. The number of sulfonamides is 1. The summed E-state index contributed by atoms with van der Waals surface area (Å²) in [6, 6.07) is 3.09. The van der Waals surface area contributed by atoms with Crippen molar-refractivity contribution in [2.45, 2.75) is 38.1 Å². The van der Waals surface area contributed by atoms with Gasteiger partial charge in [0, 0.05) is 0 Å². The van der Waals surface area contributed by atoms with Crippen LogP contribution in [0, 0.1) is 11.2 Å². The molecule has 1 rings (SSSR count). The van der Waals surface area contributed by atoms with Gasteiger partial charge in [-0.3, -0.25) is 10.0 Å². The summed E-state index contributed by atoms with van der Waals surface area (Å²) >= 11 is 0. The highest BCUT2D eigenvalue weighted by Gasteiger charge is 2.29. The van der Waals surface area contributed by atoms with E-state index in [1.165, 1.54) is 5.48 Å². The third-order valence-electron chi connectivity index (χ3n) is 2.66. The molecule has 1 aromatic carbocycles. The summed E-state index contributed by atoms with van der Waals surface area (Å²) in [4.78, 5) is 11.4. The highest BCUT2D eigenvalue weighted by atomic mass is 32.2. The first-order chi connectivity index (χ1) is 9.55. The maximum absolute atomic E-state index is 12.8. The van der Waals surface area contributed by atoms with E-state index in [0.29, 0.717) is 0 Å². The molecule has 0 heterocycles. The summed E-state index contributed by atoms with van der Waals surface area (Å²) in [6.07, 6.45) is 0.180. The average molecular weight is 318 g/mol. The maximum atomic E-state index is 12.8. The predicted molar refractivity (Wildman–Crippen MR) is 74.5 cm³/mol. The number of amides is 1. The predicted octanol–water partition coefficient (Wildman–Crippen LogP) is 1.41. The van der Waals surface area contributed by atoms with Crippen molar-refractivity contribution in [3.63, 3.8) is 0 Å². The molecule has 6 nitrogen and oxygen atoms in total. The lowest BCUT2D eigenvalue weighted by Gasteiger charge is -2.25. The minimum absolute atomic E-state index is 0.159. The summed E-state index contributed by atoms with van der Waals surface area (Å²) in [6.45, 7) is 5.49. The molecule has 0 radical (unpaired) electrons. The summed E-state index contributed by atoms with van der Waals surface area (Å²) < 4.78 is 39.4. The van der Waals surface area contributed by atoms with Gasteiger partial charge in [0.1, 0.15) is 11.9 Å². The summed E-state index contributed by atoms with van der Waals surface area (Å²) in [5, 5.41) is 8.72. The average Bonchev–Trinajstić information content (AvgIpc) is 2.35. The van der Waals surface area contributed by atoms with Gasteiger partial charge in [-0.2, -0.15) is 4.72 Å². The van der Waals surface area contributed by atoms with Crippen LogP contribution in [0.4, 0.5) is 4.39 Å². The second-order valence-corrected chi connectivity index (χ2v) is 7.58. The number of halogens is 1. The number of benzene rings is 1. The van der Waals surface area contributed by atoms with Crippen LogP contribution in [0.15, 0.2) is 29.2 Å². The Morgan fingerprint density at radius 3 is 2.24 bits per heavy atom. The molecular weight excluding hydrogens is 299 g/mol. The molecule has 0 saturated heterocycles. The van der Waals surface area contributed by atoms with Crippen LogP contribution in [0.25, 0.3) is 0 Å². The van der Waals surface area contributed by atoms with Crippen molar-refractivity contribution in [1.82, 2.24) is 10.2 Å². The quantitative estimate of drug-likeness (QED) is 0.565. The van der Waals surface area contributed by atoms with E-state index in [9.17, 15) is 17.6 Å². The van der Waals surface area contributed by atoms with Crippen molar-refractivity contribution in [3.05, 3.63) is 30.1 Å². The molecule has 3 N–H and O–H groups in total. The summed E-state index contributed by atoms with van der Waals surface area (Å²) in [5.74, 6) is -1.41. The molecular formula is C13H19FN2O4S. The van der Waals surface area contributed by atoms with E-state index in [-0.39, 0.29) is 16.7 Å². The lowest BCUT2D eigenvalue weighted by atomic mass is 9.88. The fourth-order valence-electron chi connectivity index (χ4n) is 1.75. The summed E-state index contributed by atoms with van der Waals surface area (Å²) in [7, 11) is -3.99. The lowest BCUT2D eigenvalue weighted by molar-refractivity contribution is -0.131. The van der Waals surface area contributed by atoms with Crippen LogP contribution in [0.3, 0.4) is 0 Å². The number of nitrogens with one attached hydrogen (secondary N) is 2. The Bertz CT molecular complexity index is 594. The van der Waals surface area contributed by atoms with Gasteiger partial charge in [0.15, 0.2) is 0 Å². The fourth-order valence-corrected chi connectivity index (χ4v) is 2.94. The largest absolute Gasteiger partial charge is 0.289 e. The maximum Gasteiger partial charge on any atom is 0.261 e. The third-order valence-corrected chi connectivity index (χ3v) is 4.15.